The Bertz CT molecular complexity index is 2310. The van der Waals surface area contributed by atoms with Crippen LogP contribution in [0.1, 0.15) is 5.56 Å². The van der Waals surface area contributed by atoms with E-state index >= 15 is 0 Å². The van der Waals surface area contributed by atoms with Crippen molar-refractivity contribution in [3.05, 3.63) is 157 Å². The standard InChI is InChI=1S/C40H25N5/c41-26-31-21-20-29(30-22-23-37-35(25-30)33-18-10-11-19-36(33)45(37)32-16-8-3-9-17-32)24-34(31)40-43-38(27-12-4-1-5-13-27)42-39(44-40)28-14-6-2-7-15-28/h1-25H. The van der Waals surface area contributed by atoms with Gasteiger partial charge in [-0.25, -0.2) is 15.0 Å². The highest BCUT2D eigenvalue weighted by Crippen LogP contribution is 2.36. The molecule has 0 aliphatic rings. The van der Waals surface area contributed by atoms with Crippen LogP contribution in [-0.4, -0.2) is 19.5 Å². The van der Waals surface area contributed by atoms with Crippen LogP contribution in [0.5, 0.6) is 0 Å². The summed E-state index contributed by atoms with van der Waals surface area (Å²) in [5, 5.41) is 12.5. The van der Waals surface area contributed by atoms with Gasteiger partial charge in [0.05, 0.1) is 22.7 Å². The first-order valence-corrected chi connectivity index (χ1v) is 14.8. The number of para-hydroxylation sites is 2. The number of hydrogen-bond acceptors (Lipinski definition) is 4. The SMILES string of the molecule is N#Cc1ccc(-c2ccc3c(c2)c2ccccc2n3-c2ccccc2)cc1-c1nc(-c2ccccc2)nc(-c2ccccc2)n1. The third kappa shape index (κ3) is 4.71. The minimum atomic E-state index is 0.461. The van der Waals surface area contributed by atoms with Gasteiger partial charge in [0.2, 0.25) is 0 Å². The Labute approximate surface area is 260 Å². The molecule has 0 atom stereocenters. The van der Waals surface area contributed by atoms with Crippen molar-refractivity contribution in [1.29, 1.82) is 5.26 Å². The van der Waals surface area contributed by atoms with Crippen LogP contribution in [0.15, 0.2) is 152 Å². The monoisotopic (exact) mass is 575 g/mol. The molecule has 0 aliphatic carbocycles. The molecule has 6 aromatic carbocycles. The largest absolute Gasteiger partial charge is 0.309 e. The maximum Gasteiger partial charge on any atom is 0.165 e. The lowest BCUT2D eigenvalue weighted by molar-refractivity contribution is 1.07. The summed E-state index contributed by atoms with van der Waals surface area (Å²) in [4.78, 5) is 14.6. The molecule has 5 nitrogen and oxygen atoms in total. The molecule has 8 aromatic rings. The van der Waals surface area contributed by atoms with Crippen molar-refractivity contribution < 1.29 is 0 Å². The Kier molecular flexibility index (Phi) is 6.44. The maximum absolute atomic E-state index is 10.2. The van der Waals surface area contributed by atoms with Crippen molar-refractivity contribution in [1.82, 2.24) is 19.5 Å². The molecule has 2 aromatic heterocycles. The predicted molar refractivity (Wildman–Crippen MR) is 181 cm³/mol. The van der Waals surface area contributed by atoms with E-state index in [1.54, 1.807) is 0 Å². The summed E-state index contributed by atoms with van der Waals surface area (Å²) >= 11 is 0. The van der Waals surface area contributed by atoms with Crippen molar-refractivity contribution in [2.24, 2.45) is 0 Å². The molecule has 0 radical (unpaired) electrons. The van der Waals surface area contributed by atoms with E-state index in [0.29, 0.717) is 28.6 Å². The van der Waals surface area contributed by atoms with E-state index in [9.17, 15) is 5.26 Å². The van der Waals surface area contributed by atoms with Crippen LogP contribution < -0.4 is 0 Å². The first-order chi connectivity index (χ1) is 22.3. The van der Waals surface area contributed by atoms with Crippen LogP contribution in [0.3, 0.4) is 0 Å². The molecule has 0 saturated heterocycles. The molecule has 0 N–H and O–H groups in total. The predicted octanol–water partition coefficient (Wildman–Crippen LogP) is 9.51. The van der Waals surface area contributed by atoms with E-state index in [4.69, 9.17) is 15.0 Å². The number of benzene rings is 6. The van der Waals surface area contributed by atoms with Gasteiger partial charge in [0.15, 0.2) is 17.5 Å². The van der Waals surface area contributed by atoms with Crippen LogP contribution >= 0.6 is 0 Å². The lowest BCUT2D eigenvalue weighted by Gasteiger charge is -2.11. The van der Waals surface area contributed by atoms with Crippen LogP contribution in [0, 0.1) is 11.3 Å². The van der Waals surface area contributed by atoms with Crippen LogP contribution in [0.2, 0.25) is 0 Å². The third-order valence-electron chi connectivity index (χ3n) is 8.10. The van der Waals surface area contributed by atoms with E-state index in [-0.39, 0.29) is 0 Å². The van der Waals surface area contributed by atoms with Gasteiger partial charge in [-0.2, -0.15) is 5.26 Å². The molecule has 8 rings (SSSR count). The lowest BCUT2D eigenvalue weighted by Crippen LogP contribution is -2.01. The Hall–Kier alpha value is -6.38. The molecule has 0 spiro atoms. The summed E-state index contributed by atoms with van der Waals surface area (Å²) in [7, 11) is 0. The summed E-state index contributed by atoms with van der Waals surface area (Å²) in [6.07, 6.45) is 0. The third-order valence-corrected chi connectivity index (χ3v) is 8.10. The minimum absolute atomic E-state index is 0.461. The molecule has 0 fully saturated rings. The van der Waals surface area contributed by atoms with Gasteiger partial charge in [-0.1, -0.05) is 109 Å². The number of fused-ring (bicyclic) bond motifs is 3. The fourth-order valence-electron chi connectivity index (χ4n) is 5.94. The van der Waals surface area contributed by atoms with E-state index < -0.39 is 0 Å². The topological polar surface area (TPSA) is 67.4 Å². The zero-order valence-corrected chi connectivity index (χ0v) is 24.2. The molecule has 5 heteroatoms. The van der Waals surface area contributed by atoms with E-state index in [2.05, 4.69) is 77.4 Å². The number of nitrogens with zero attached hydrogens (tertiary/aromatic N) is 5. The average Bonchev–Trinajstić information content (AvgIpc) is 3.46. The van der Waals surface area contributed by atoms with E-state index in [1.807, 2.05) is 84.9 Å². The van der Waals surface area contributed by atoms with Gasteiger partial charge in [-0.15, -0.1) is 0 Å². The zero-order valence-electron chi connectivity index (χ0n) is 24.2. The van der Waals surface area contributed by atoms with Gasteiger partial charge in [0.25, 0.3) is 0 Å². The molecule has 210 valence electrons. The molecule has 0 unspecified atom stereocenters. The highest BCUT2D eigenvalue weighted by molar-refractivity contribution is 6.10. The number of hydrogen-bond donors (Lipinski definition) is 0. The second-order valence-corrected chi connectivity index (χ2v) is 10.8. The van der Waals surface area contributed by atoms with Gasteiger partial charge >= 0.3 is 0 Å². The maximum atomic E-state index is 10.2. The lowest BCUT2D eigenvalue weighted by atomic mass is 9.97. The Morgan fingerprint density at radius 3 is 1.64 bits per heavy atom. The molecular weight excluding hydrogens is 550 g/mol. The Morgan fingerprint density at radius 2 is 0.978 bits per heavy atom. The summed E-state index contributed by atoms with van der Waals surface area (Å²) < 4.78 is 2.31. The first kappa shape index (κ1) is 26.3. The number of rotatable bonds is 5. The van der Waals surface area contributed by atoms with Crippen molar-refractivity contribution in [2.45, 2.75) is 0 Å². The summed E-state index contributed by atoms with van der Waals surface area (Å²) in [5.41, 5.74) is 8.37. The molecule has 0 aliphatic heterocycles. The Balaban J connectivity index is 1.31. The molecule has 0 saturated carbocycles. The van der Waals surface area contributed by atoms with E-state index in [0.717, 1.165) is 44.4 Å². The van der Waals surface area contributed by atoms with Crippen molar-refractivity contribution >= 4 is 21.8 Å². The van der Waals surface area contributed by atoms with Crippen LogP contribution in [-0.2, 0) is 0 Å². The molecular formula is C40H25N5. The molecule has 45 heavy (non-hydrogen) atoms. The Morgan fingerprint density at radius 1 is 0.444 bits per heavy atom. The molecule has 2 heterocycles. The molecule has 0 bridgehead atoms. The second kappa shape index (κ2) is 11.0. The van der Waals surface area contributed by atoms with Gasteiger partial charge in [-0.05, 0) is 53.6 Å². The quantitative estimate of drug-likeness (QED) is 0.205. The average molecular weight is 576 g/mol. The van der Waals surface area contributed by atoms with Crippen molar-refractivity contribution in [2.75, 3.05) is 0 Å². The zero-order chi connectivity index (χ0) is 30.2. The normalized spacial score (nSPS) is 11.1. The number of nitriles is 1. The fourth-order valence-corrected chi connectivity index (χ4v) is 5.94. The van der Waals surface area contributed by atoms with Gasteiger partial charge in [0, 0.05) is 33.2 Å². The summed E-state index contributed by atoms with van der Waals surface area (Å²) in [6, 6.07) is 53.5. The molecule has 0 amide bonds. The smallest absolute Gasteiger partial charge is 0.165 e. The van der Waals surface area contributed by atoms with Gasteiger partial charge in [0.1, 0.15) is 0 Å². The van der Waals surface area contributed by atoms with Crippen molar-refractivity contribution in [3.8, 4) is 57.0 Å². The highest BCUT2D eigenvalue weighted by Gasteiger charge is 2.17. The number of aromatic nitrogens is 4. The first-order valence-electron chi connectivity index (χ1n) is 14.8. The van der Waals surface area contributed by atoms with Crippen molar-refractivity contribution in [3.63, 3.8) is 0 Å². The second-order valence-electron chi connectivity index (χ2n) is 10.8. The van der Waals surface area contributed by atoms with Gasteiger partial charge < -0.3 is 4.57 Å². The van der Waals surface area contributed by atoms with Crippen LogP contribution in [0.25, 0.3) is 72.8 Å². The summed E-state index contributed by atoms with van der Waals surface area (Å²) in [6.45, 7) is 0. The highest BCUT2D eigenvalue weighted by atomic mass is 15.0. The van der Waals surface area contributed by atoms with Crippen LogP contribution in [0.4, 0.5) is 0 Å². The minimum Gasteiger partial charge on any atom is -0.309 e. The summed E-state index contributed by atoms with van der Waals surface area (Å²) in [5.74, 6) is 1.58. The van der Waals surface area contributed by atoms with E-state index in [1.165, 1.54) is 5.39 Å². The van der Waals surface area contributed by atoms with Gasteiger partial charge in [-0.3, -0.25) is 0 Å². The fraction of sp³-hybridized carbons (Fsp3) is 0.